The highest BCUT2D eigenvalue weighted by Crippen LogP contribution is 2.26. The molecule has 0 saturated heterocycles. The van der Waals surface area contributed by atoms with E-state index < -0.39 is 12.8 Å². The number of carbonyl (C=O) groups excluding carboxylic acids is 1. The molecule has 0 aromatic heterocycles. The SMILES string of the molecule is O=C(NCCCOCC(F)(F)F)C1CCC1. The summed E-state index contributed by atoms with van der Waals surface area (Å²) in [7, 11) is 0. The van der Waals surface area contributed by atoms with Crippen molar-refractivity contribution in [3.8, 4) is 0 Å². The summed E-state index contributed by atoms with van der Waals surface area (Å²) in [5.74, 6) is 0.137. The Kier molecular flexibility index (Phi) is 5.05. The van der Waals surface area contributed by atoms with Gasteiger partial charge in [0.1, 0.15) is 6.61 Å². The molecular weight excluding hydrogens is 223 g/mol. The minimum absolute atomic E-state index is 0.0158. The molecule has 0 bridgehead atoms. The summed E-state index contributed by atoms with van der Waals surface area (Å²) in [5.41, 5.74) is 0. The number of nitrogens with one attached hydrogen (secondary N) is 1. The predicted octanol–water partition coefficient (Wildman–Crippen LogP) is 1.87. The molecule has 0 unspecified atom stereocenters. The number of carbonyl (C=O) groups is 1. The molecule has 0 heterocycles. The van der Waals surface area contributed by atoms with E-state index in [4.69, 9.17) is 0 Å². The van der Waals surface area contributed by atoms with Crippen molar-refractivity contribution >= 4 is 5.91 Å². The second-order valence-corrected chi connectivity index (χ2v) is 3.94. The van der Waals surface area contributed by atoms with Crippen molar-refractivity contribution in [3.05, 3.63) is 0 Å². The lowest BCUT2D eigenvalue weighted by atomic mass is 9.85. The molecule has 1 rings (SSSR count). The van der Waals surface area contributed by atoms with E-state index in [-0.39, 0.29) is 18.4 Å². The number of ether oxygens (including phenoxy) is 1. The van der Waals surface area contributed by atoms with Gasteiger partial charge in [-0.2, -0.15) is 13.2 Å². The second-order valence-electron chi connectivity index (χ2n) is 3.94. The smallest absolute Gasteiger partial charge is 0.372 e. The van der Waals surface area contributed by atoms with E-state index in [1.54, 1.807) is 0 Å². The fourth-order valence-corrected chi connectivity index (χ4v) is 1.39. The Morgan fingerprint density at radius 2 is 2.06 bits per heavy atom. The molecule has 16 heavy (non-hydrogen) atoms. The molecule has 94 valence electrons. The molecule has 1 saturated carbocycles. The van der Waals surface area contributed by atoms with Crippen LogP contribution in [-0.2, 0) is 9.53 Å². The van der Waals surface area contributed by atoms with E-state index in [1.165, 1.54) is 0 Å². The molecule has 0 aromatic carbocycles. The number of rotatable bonds is 6. The molecule has 3 nitrogen and oxygen atoms in total. The molecule has 0 spiro atoms. The zero-order valence-electron chi connectivity index (χ0n) is 8.98. The first-order valence-electron chi connectivity index (χ1n) is 5.41. The predicted molar refractivity (Wildman–Crippen MR) is 51.8 cm³/mol. The van der Waals surface area contributed by atoms with Gasteiger partial charge in [0, 0.05) is 19.1 Å². The standard InChI is InChI=1S/C10H16F3NO2/c11-10(12,13)7-16-6-2-5-14-9(15)8-3-1-4-8/h8H,1-7H2,(H,14,15). The summed E-state index contributed by atoms with van der Waals surface area (Å²) < 4.78 is 39.4. The molecule has 0 radical (unpaired) electrons. The van der Waals surface area contributed by atoms with E-state index in [0.29, 0.717) is 13.0 Å². The first-order chi connectivity index (χ1) is 7.49. The van der Waals surface area contributed by atoms with Crippen LogP contribution in [0, 0.1) is 5.92 Å². The van der Waals surface area contributed by atoms with Crippen LogP contribution in [0.1, 0.15) is 25.7 Å². The molecular formula is C10H16F3NO2. The quantitative estimate of drug-likeness (QED) is 0.718. The van der Waals surface area contributed by atoms with Crippen LogP contribution in [0.4, 0.5) is 13.2 Å². The zero-order chi connectivity index (χ0) is 12.0. The number of hydrogen-bond donors (Lipinski definition) is 1. The van der Waals surface area contributed by atoms with Gasteiger partial charge in [-0.15, -0.1) is 0 Å². The third kappa shape index (κ3) is 5.34. The largest absolute Gasteiger partial charge is 0.411 e. The Labute approximate surface area is 92.3 Å². The third-order valence-electron chi connectivity index (χ3n) is 2.51. The topological polar surface area (TPSA) is 38.3 Å². The van der Waals surface area contributed by atoms with Gasteiger partial charge in [-0.25, -0.2) is 0 Å². The molecule has 1 N–H and O–H groups in total. The van der Waals surface area contributed by atoms with Gasteiger partial charge in [0.2, 0.25) is 5.91 Å². The maximum Gasteiger partial charge on any atom is 0.411 e. The monoisotopic (exact) mass is 239 g/mol. The van der Waals surface area contributed by atoms with E-state index in [9.17, 15) is 18.0 Å². The highest BCUT2D eigenvalue weighted by atomic mass is 19.4. The highest BCUT2D eigenvalue weighted by Gasteiger charge is 2.27. The lowest BCUT2D eigenvalue weighted by Gasteiger charge is -2.23. The van der Waals surface area contributed by atoms with Crippen molar-refractivity contribution < 1.29 is 22.7 Å². The normalized spacial score (nSPS) is 16.9. The van der Waals surface area contributed by atoms with Crippen LogP contribution in [0.2, 0.25) is 0 Å². The molecule has 1 aliphatic carbocycles. The average Bonchev–Trinajstić information content (AvgIpc) is 2.06. The molecule has 6 heteroatoms. The van der Waals surface area contributed by atoms with Gasteiger partial charge in [-0.1, -0.05) is 6.42 Å². The molecule has 0 aliphatic heterocycles. The summed E-state index contributed by atoms with van der Waals surface area (Å²) in [6, 6.07) is 0. The number of amides is 1. The zero-order valence-corrected chi connectivity index (χ0v) is 8.98. The average molecular weight is 239 g/mol. The maximum atomic E-state index is 11.7. The van der Waals surface area contributed by atoms with Gasteiger partial charge < -0.3 is 10.1 Å². The first-order valence-corrected chi connectivity index (χ1v) is 5.41. The van der Waals surface area contributed by atoms with Crippen LogP contribution >= 0.6 is 0 Å². The molecule has 1 amide bonds. The van der Waals surface area contributed by atoms with Crippen LogP contribution in [-0.4, -0.2) is 31.8 Å². The van der Waals surface area contributed by atoms with Crippen LogP contribution in [0.3, 0.4) is 0 Å². The van der Waals surface area contributed by atoms with Gasteiger partial charge in [0.05, 0.1) is 0 Å². The van der Waals surface area contributed by atoms with Crippen LogP contribution in [0.5, 0.6) is 0 Å². The molecule has 0 aromatic rings. The highest BCUT2D eigenvalue weighted by molar-refractivity contribution is 5.79. The van der Waals surface area contributed by atoms with E-state index in [0.717, 1.165) is 19.3 Å². The van der Waals surface area contributed by atoms with Crippen molar-refractivity contribution in [2.24, 2.45) is 5.92 Å². The van der Waals surface area contributed by atoms with Gasteiger partial charge in [-0.05, 0) is 19.3 Å². The van der Waals surface area contributed by atoms with Crippen molar-refractivity contribution in [1.82, 2.24) is 5.32 Å². The van der Waals surface area contributed by atoms with E-state index in [2.05, 4.69) is 10.1 Å². The summed E-state index contributed by atoms with van der Waals surface area (Å²) in [6.45, 7) is -0.818. The number of hydrogen-bond acceptors (Lipinski definition) is 2. The Morgan fingerprint density at radius 3 is 2.56 bits per heavy atom. The molecule has 1 fully saturated rings. The Balaban J connectivity index is 1.89. The van der Waals surface area contributed by atoms with Gasteiger partial charge in [-0.3, -0.25) is 4.79 Å². The van der Waals surface area contributed by atoms with Crippen molar-refractivity contribution in [1.29, 1.82) is 0 Å². The third-order valence-corrected chi connectivity index (χ3v) is 2.51. The van der Waals surface area contributed by atoms with Gasteiger partial charge in [0.25, 0.3) is 0 Å². The summed E-state index contributed by atoms with van der Waals surface area (Å²) in [5, 5.41) is 2.68. The molecule has 0 atom stereocenters. The van der Waals surface area contributed by atoms with Gasteiger partial charge >= 0.3 is 6.18 Å². The maximum absolute atomic E-state index is 11.7. The van der Waals surface area contributed by atoms with Crippen molar-refractivity contribution in [2.45, 2.75) is 31.9 Å². The fourth-order valence-electron chi connectivity index (χ4n) is 1.39. The van der Waals surface area contributed by atoms with E-state index >= 15 is 0 Å². The summed E-state index contributed by atoms with van der Waals surface area (Å²) in [6.07, 6.45) is -0.913. The number of alkyl halides is 3. The Morgan fingerprint density at radius 1 is 1.38 bits per heavy atom. The van der Waals surface area contributed by atoms with Crippen LogP contribution in [0.25, 0.3) is 0 Å². The first kappa shape index (κ1) is 13.3. The Hall–Kier alpha value is -0.780. The van der Waals surface area contributed by atoms with Crippen molar-refractivity contribution in [3.63, 3.8) is 0 Å². The minimum atomic E-state index is -4.27. The lowest BCUT2D eigenvalue weighted by Crippen LogP contribution is -2.35. The number of halogens is 3. The van der Waals surface area contributed by atoms with Crippen LogP contribution in [0.15, 0.2) is 0 Å². The second kappa shape index (κ2) is 6.08. The van der Waals surface area contributed by atoms with Crippen LogP contribution < -0.4 is 5.32 Å². The van der Waals surface area contributed by atoms with Gasteiger partial charge in [0.15, 0.2) is 0 Å². The summed E-state index contributed by atoms with van der Waals surface area (Å²) >= 11 is 0. The minimum Gasteiger partial charge on any atom is -0.372 e. The van der Waals surface area contributed by atoms with E-state index in [1.807, 2.05) is 0 Å². The van der Waals surface area contributed by atoms with Crippen molar-refractivity contribution in [2.75, 3.05) is 19.8 Å². The lowest BCUT2D eigenvalue weighted by molar-refractivity contribution is -0.174. The summed E-state index contributed by atoms with van der Waals surface area (Å²) in [4.78, 5) is 11.3. The fraction of sp³-hybridized carbons (Fsp3) is 0.900. The molecule has 1 aliphatic rings. The Bertz CT molecular complexity index is 227.